The van der Waals surface area contributed by atoms with Crippen molar-refractivity contribution in [3.05, 3.63) is 12.3 Å². The molecule has 0 spiro atoms. The fourth-order valence-electron chi connectivity index (χ4n) is 0.354. The molecule has 1 aliphatic rings. The standard InChI is InChI=1S/C3H8O3S.C3H4O.Na.H2O/c1-2-3-7(4,5)6;1-2-4-3-1;;/h2-3H2,1H3,(H,4,5,6);1-2H,3H2;;1H2/q;;+1;/p-1. The van der Waals surface area contributed by atoms with Crippen molar-refractivity contribution in [2.75, 3.05) is 12.4 Å². The predicted octanol–water partition coefficient (Wildman–Crippen LogP) is -2.36. The van der Waals surface area contributed by atoms with Gasteiger partial charge in [0.15, 0.2) is 0 Å². The molecule has 0 aromatic carbocycles. The summed E-state index contributed by atoms with van der Waals surface area (Å²) in [4.78, 5) is 0. The van der Waals surface area contributed by atoms with Gasteiger partial charge < -0.3 is 10.2 Å². The van der Waals surface area contributed by atoms with E-state index in [0.717, 1.165) is 6.61 Å². The van der Waals surface area contributed by atoms with Gasteiger partial charge >= 0.3 is 29.6 Å². The van der Waals surface area contributed by atoms with Gasteiger partial charge in [0.2, 0.25) is 0 Å². The molecule has 2 N–H and O–H groups in total. The van der Waals surface area contributed by atoms with E-state index in [0.29, 0.717) is 6.42 Å². The molecule has 1 heterocycles. The average molecular weight is 220 g/mol. The second-order valence-corrected chi connectivity index (χ2v) is 3.56. The Morgan fingerprint density at radius 3 is 1.85 bits per heavy atom. The van der Waals surface area contributed by atoms with Crippen molar-refractivity contribution in [3.63, 3.8) is 0 Å². The van der Waals surface area contributed by atoms with Crippen LogP contribution in [0.5, 0.6) is 0 Å². The first-order chi connectivity index (χ1) is 5.06. The van der Waals surface area contributed by atoms with Crippen LogP contribution in [-0.4, -0.2) is 30.8 Å². The monoisotopic (exact) mass is 220 g/mol. The maximum atomic E-state index is 9.79. The van der Waals surface area contributed by atoms with E-state index >= 15 is 0 Å². The second-order valence-electron chi connectivity index (χ2n) is 1.99. The van der Waals surface area contributed by atoms with Crippen LogP contribution >= 0.6 is 0 Å². The molecule has 0 fully saturated rings. The Morgan fingerprint density at radius 1 is 1.54 bits per heavy atom. The van der Waals surface area contributed by atoms with E-state index in [-0.39, 0.29) is 40.8 Å². The van der Waals surface area contributed by atoms with Crippen molar-refractivity contribution in [1.82, 2.24) is 0 Å². The molecule has 0 bridgehead atoms. The van der Waals surface area contributed by atoms with Crippen LogP contribution in [0.2, 0.25) is 0 Å². The second kappa shape index (κ2) is 10.5. The molecule has 0 unspecified atom stereocenters. The van der Waals surface area contributed by atoms with E-state index in [1.807, 2.05) is 6.08 Å². The fraction of sp³-hybridized carbons (Fsp3) is 0.667. The zero-order valence-electron chi connectivity index (χ0n) is 7.80. The molecule has 1 rings (SSSR count). The molecule has 0 saturated carbocycles. The maximum Gasteiger partial charge on any atom is 1.00 e. The zero-order chi connectivity index (χ0) is 8.74. The van der Waals surface area contributed by atoms with E-state index < -0.39 is 10.1 Å². The molecular weight excluding hydrogens is 207 g/mol. The first kappa shape index (κ1) is 19.1. The first-order valence-electron chi connectivity index (χ1n) is 3.28. The van der Waals surface area contributed by atoms with Gasteiger partial charge in [-0.05, 0) is 12.5 Å². The van der Waals surface area contributed by atoms with Crippen LogP contribution in [0.4, 0.5) is 0 Å². The topological polar surface area (TPSA) is 93.6 Å². The molecule has 1 aliphatic heterocycles. The number of hydrogen-bond acceptors (Lipinski definition) is 4. The van der Waals surface area contributed by atoms with Gasteiger partial charge in [-0.15, -0.1) is 0 Å². The minimum Gasteiger partial charge on any atom is -0.870 e. The SMILES string of the molecule is C1=COC1.CCCS(=O)(=O)O.[Na+].[OH-]. The van der Waals surface area contributed by atoms with Gasteiger partial charge in [0.05, 0.1) is 12.0 Å². The van der Waals surface area contributed by atoms with Crippen molar-refractivity contribution < 1.29 is 52.7 Å². The third-order valence-corrected chi connectivity index (χ3v) is 1.77. The molecular formula is C6H13NaO5S. The van der Waals surface area contributed by atoms with E-state index in [1.54, 1.807) is 13.2 Å². The van der Waals surface area contributed by atoms with Crippen LogP contribution in [0, 0.1) is 0 Å². The minimum atomic E-state index is -3.67. The van der Waals surface area contributed by atoms with Crippen LogP contribution in [0.15, 0.2) is 12.3 Å². The number of ether oxygens (including phenoxy) is 1. The molecule has 74 valence electrons. The normalized spacial score (nSPS) is 11.8. The molecule has 0 aromatic rings. The van der Waals surface area contributed by atoms with Gasteiger partial charge in [-0.1, -0.05) is 6.92 Å². The summed E-state index contributed by atoms with van der Waals surface area (Å²) >= 11 is 0. The quantitative estimate of drug-likeness (QED) is 0.415. The Hall–Kier alpha value is 0.410. The van der Waals surface area contributed by atoms with Gasteiger partial charge in [0.1, 0.15) is 6.61 Å². The minimum absolute atomic E-state index is 0. The van der Waals surface area contributed by atoms with E-state index in [2.05, 4.69) is 4.74 Å². The van der Waals surface area contributed by atoms with Crippen LogP contribution in [-0.2, 0) is 14.9 Å². The number of rotatable bonds is 2. The van der Waals surface area contributed by atoms with Crippen molar-refractivity contribution in [2.24, 2.45) is 0 Å². The van der Waals surface area contributed by atoms with E-state index in [4.69, 9.17) is 4.55 Å². The van der Waals surface area contributed by atoms with Crippen molar-refractivity contribution in [2.45, 2.75) is 13.3 Å². The summed E-state index contributed by atoms with van der Waals surface area (Å²) in [7, 11) is -3.67. The third kappa shape index (κ3) is 19.0. The Bertz CT molecular complexity index is 205. The summed E-state index contributed by atoms with van der Waals surface area (Å²) < 4.78 is 32.1. The van der Waals surface area contributed by atoms with Gasteiger partial charge in [0, 0.05) is 0 Å². The van der Waals surface area contributed by atoms with Crippen molar-refractivity contribution in [3.8, 4) is 0 Å². The van der Waals surface area contributed by atoms with Gasteiger partial charge in [-0.2, -0.15) is 8.42 Å². The fourth-order valence-corrected chi connectivity index (χ4v) is 0.870. The summed E-state index contributed by atoms with van der Waals surface area (Å²) in [5, 5.41) is 0. The Kier molecular flexibility index (Phi) is 15.4. The summed E-state index contributed by atoms with van der Waals surface area (Å²) in [5.41, 5.74) is 0. The van der Waals surface area contributed by atoms with Crippen LogP contribution < -0.4 is 29.6 Å². The average Bonchev–Trinajstić information content (AvgIpc) is 1.54. The molecule has 5 nitrogen and oxygen atoms in total. The molecule has 0 radical (unpaired) electrons. The zero-order valence-corrected chi connectivity index (χ0v) is 10.6. The summed E-state index contributed by atoms with van der Waals surface area (Å²) in [6, 6.07) is 0. The summed E-state index contributed by atoms with van der Waals surface area (Å²) in [6.45, 7) is 2.51. The predicted molar refractivity (Wildman–Crippen MR) is 43.7 cm³/mol. The summed E-state index contributed by atoms with van der Waals surface area (Å²) in [6.07, 6.45) is 4.11. The van der Waals surface area contributed by atoms with Crippen molar-refractivity contribution >= 4 is 10.1 Å². The smallest absolute Gasteiger partial charge is 0.870 e. The van der Waals surface area contributed by atoms with Gasteiger partial charge in [-0.3, -0.25) is 4.55 Å². The third-order valence-electron chi connectivity index (χ3n) is 0.847. The molecule has 0 aliphatic carbocycles. The Labute approximate surface area is 101 Å². The molecule has 7 heteroatoms. The molecule has 0 aromatic heterocycles. The summed E-state index contributed by atoms with van der Waals surface area (Å²) in [5.74, 6) is -0.132. The largest absolute Gasteiger partial charge is 1.00 e. The Morgan fingerprint density at radius 2 is 1.85 bits per heavy atom. The molecule has 0 atom stereocenters. The van der Waals surface area contributed by atoms with Crippen LogP contribution in [0.3, 0.4) is 0 Å². The maximum absolute atomic E-state index is 9.79. The van der Waals surface area contributed by atoms with E-state index in [1.165, 1.54) is 0 Å². The molecule has 0 saturated heterocycles. The molecule has 13 heavy (non-hydrogen) atoms. The van der Waals surface area contributed by atoms with Gasteiger partial charge in [0.25, 0.3) is 10.1 Å². The number of hydrogen-bond donors (Lipinski definition) is 1. The molecule has 0 amide bonds. The van der Waals surface area contributed by atoms with Crippen LogP contribution in [0.1, 0.15) is 13.3 Å². The van der Waals surface area contributed by atoms with Crippen LogP contribution in [0.25, 0.3) is 0 Å². The Balaban J connectivity index is -0.000000144. The van der Waals surface area contributed by atoms with Crippen molar-refractivity contribution in [1.29, 1.82) is 0 Å². The van der Waals surface area contributed by atoms with Gasteiger partial charge in [-0.25, -0.2) is 0 Å². The van der Waals surface area contributed by atoms with E-state index in [9.17, 15) is 8.42 Å². The first-order valence-corrected chi connectivity index (χ1v) is 4.89.